The summed E-state index contributed by atoms with van der Waals surface area (Å²) in [5.41, 5.74) is 0. The summed E-state index contributed by atoms with van der Waals surface area (Å²) in [5, 5.41) is 6.75. The average molecular weight is 469 g/mol. The predicted octanol–water partition coefficient (Wildman–Crippen LogP) is 3.96. The van der Waals surface area contributed by atoms with Gasteiger partial charge in [-0.25, -0.2) is 0 Å². The van der Waals surface area contributed by atoms with E-state index in [0.717, 1.165) is 64.1 Å². The van der Waals surface area contributed by atoms with Crippen molar-refractivity contribution in [3.63, 3.8) is 0 Å². The van der Waals surface area contributed by atoms with Gasteiger partial charge in [-0.1, -0.05) is 39.5 Å². The molecule has 6 heteroatoms. The molecule has 0 aliphatic carbocycles. The van der Waals surface area contributed by atoms with Crippen molar-refractivity contribution >= 4 is 29.9 Å². The maximum Gasteiger partial charge on any atom is 0.190 e. The molecule has 0 aromatic heterocycles. The summed E-state index contributed by atoms with van der Waals surface area (Å²) in [6.07, 6.45) is 10.0. The van der Waals surface area contributed by atoms with Gasteiger partial charge in [0.05, 0.1) is 6.10 Å². The van der Waals surface area contributed by atoms with Crippen LogP contribution in [0.3, 0.4) is 0 Å². The van der Waals surface area contributed by atoms with Gasteiger partial charge in [0.25, 0.3) is 0 Å². The van der Waals surface area contributed by atoms with Crippen molar-refractivity contribution < 1.29 is 9.47 Å². The number of ether oxygens (including phenoxy) is 2. The molecule has 0 saturated carbocycles. The minimum Gasteiger partial charge on any atom is -0.381 e. The molecule has 0 spiro atoms. The molecule has 1 aliphatic rings. The highest BCUT2D eigenvalue weighted by Gasteiger charge is 2.13. The first kappa shape index (κ1) is 24.9. The Morgan fingerprint density at radius 3 is 2.32 bits per heavy atom. The summed E-state index contributed by atoms with van der Waals surface area (Å²) < 4.78 is 11.2. The van der Waals surface area contributed by atoms with Crippen LogP contribution in [0.5, 0.6) is 0 Å². The van der Waals surface area contributed by atoms with Crippen LogP contribution >= 0.6 is 24.0 Å². The van der Waals surface area contributed by atoms with Crippen molar-refractivity contribution in [3.8, 4) is 0 Å². The predicted molar refractivity (Wildman–Crippen MR) is 117 cm³/mol. The van der Waals surface area contributed by atoms with E-state index >= 15 is 0 Å². The second-order valence-corrected chi connectivity index (χ2v) is 7.06. The highest BCUT2D eigenvalue weighted by Crippen LogP contribution is 2.10. The number of aliphatic imine (C=N–C) groups is 1. The maximum absolute atomic E-state index is 5.87. The van der Waals surface area contributed by atoms with Gasteiger partial charge in [0.15, 0.2) is 5.96 Å². The monoisotopic (exact) mass is 469 g/mol. The van der Waals surface area contributed by atoms with Gasteiger partial charge < -0.3 is 20.1 Å². The molecular weight excluding hydrogens is 429 g/mol. The van der Waals surface area contributed by atoms with Gasteiger partial charge in [-0.15, -0.1) is 24.0 Å². The third-order valence-corrected chi connectivity index (χ3v) is 4.36. The second kappa shape index (κ2) is 17.3. The number of halogens is 1. The Balaban J connectivity index is 0.00000576. The number of nitrogens with one attached hydrogen (secondary N) is 2. The standard InChI is InChI=1S/C19H39N3O2.HI/c1-17(2)9-6-4-5-7-12-21-19(20-3)22-13-8-14-24-18-10-15-23-16-11-18;/h17-18H,4-16H2,1-3H3,(H2,20,21,22);1H. The lowest BCUT2D eigenvalue weighted by Gasteiger charge is -2.22. The summed E-state index contributed by atoms with van der Waals surface area (Å²) in [6, 6.07) is 0. The fourth-order valence-electron chi connectivity index (χ4n) is 2.83. The lowest BCUT2D eigenvalue weighted by molar-refractivity contribution is -0.0320. The van der Waals surface area contributed by atoms with Crippen LogP contribution in [-0.2, 0) is 9.47 Å². The zero-order valence-electron chi connectivity index (χ0n) is 16.5. The molecule has 0 radical (unpaired) electrons. The van der Waals surface area contributed by atoms with Crippen LogP contribution in [0.4, 0.5) is 0 Å². The highest BCUT2D eigenvalue weighted by atomic mass is 127. The molecule has 150 valence electrons. The van der Waals surface area contributed by atoms with E-state index in [1.54, 1.807) is 0 Å². The fourth-order valence-corrected chi connectivity index (χ4v) is 2.83. The van der Waals surface area contributed by atoms with Crippen LogP contribution in [0.25, 0.3) is 0 Å². The highest BCUT2D eigenvalue weighted by molar-refractivity contribution is 14.0. The summed E-state index contributed by atoms with van der Waals surface area (Å²) in [7, 11) is 1.83. The Hall–Kier alpha value is -0.0800. The Labute approximate surface area is 172 Å². The molecule has 1 rings (SSSR count). The Kier molecular flexibility index (Phi) is 17.3. The molecule has 0 amide bonds. The average Bonchev–Trinajstić information content (AvgIpc) is 2.59. The molecule has 0 aromatic rings. The maximum atomic E-state index is 5.87. The quantitative estimate of drug-likeness (QED) is 0.197. The van der Waals surface area contributed by atoms with Gasteiger partial charge in [-0.3, -0.25) is 4.99 Å². The van der Waals surface area contributed by atoms with Crippen LogP contribution in [-0.4, -0.2) is 52.0 Å². The van der Waals surface area contributed by atoms with Gasteiger partial charge in [0.2, 0.25) is 0 Å². The van der Waals surface area contributed by atoms with Crippen LogP contribution in [0.2, 0.25) is 0 Å². The van der Waals surface area contributed by atoms with Crippen molar-refractivity contribution in [2.45, 2.75) is 71.3 Å². The molecule has 0 aromatic carbocycles. The third kappa shape index (κ3) is 14.7. The Bertz CT molecular complexity index is 322. The summed E-state index contributed by atoms with van der Waals surface area (Å²) in [6.45, 7) is 8.99. The molecule has 25 heavy (non-hydrogen) atoms. The number of rotatable bonds is 12. The molecule has 5 nitrogen and oxygen atoms in total. The van der Waals surface area contributed by atoms with Crippen molar-refractivity contribution in [2.24, 2.45) is 10.9 Å². The molecule has 1 saturated heterocycles. The van der Waals surface area contributed by atoms with Crippen LogP contribution in [0.15, 0.2) is 4.99 Å². The lowest BCUT2D eigenvalue weighted by atomic mass is 10.0. The number of nitrogens with zero attached hydrogens (tertiary/aromatic N) is 1. The largest absolute Gasteiger partial charge is 0.381 e. The summed E-state index contributed by atoms with van der Waals surface area (Å²) in [4.78, 5) is 4.27. The van der Waals surface area contributed by atoms with Gasteiger partial charge in [0.1, 0.15) is 0 Å². The molecule has 0 unspecified atom stereocenters. The SMILES string of the molecule is CN=C(NCCCCCCC(C)C)NCCCOC1CCOCC1.I. The first-order chi connectivity index (χ1) is 11.7. The van der Waals surface area contributed by atoms with E-state index in [2.05, 4.69) is 29.5 Å². The van der Waals surface area contributed by atoms with Gasteiger partial charge >= 0.3 is 0 Å². The van der Waals surface area contributed by atoms with Crippen LogP contribution < -0.4 is 10.6 Å². The van der Waals surface area contributed by atoms with Crippen molar-refractivity contribution in [1.29, 1.82) is 0 Å². The molecule has 1 heterocycles. The minimum atomic E-state index is 0. The van der Waals surface area contributed by atoms with E-state index in [1.165, 1.54) is 32.1 Å². The molecule has 1 fully saturated rings. The Morgan fingerprint density at radius 2 is 1.68 bits per heavy atom. The number of hydrogen-bond donors (Lipinski definition) is 2. The summed E-state index contributed by atoms with van der Waals surface area (Å²) in [5.74, 6) is 1.74. The van der Waals surface area contributed by atoms with Crippen molar-refractivity contribution in [1.82, 2.24) is 10.6 Å². The third-order valence-electron chi connectivity index (χ3n) is 4.36. The van der Waals surface area contributed by atoms with Gasteiger partial charge in [-0.2, -0.15) is 0 Å². The van der Waals surface area contributed by atoms with E-state index in [-0.39, 0.29) is 24.0 Å². The first-order valence-electron chi connectivity index (χ1n) is 9.86. The fraction of sp³-hybridized carbons (Fsp3) is 0.947. The minimum absolute atomic E-state index is 0. The van der Waals surface area contributed by atoms with Gasteiger partial charge in [-0.05, 0) is 31.6 Å². The van der Waals surface area contributed by atoms with Crippen LogP contribution in [0.1, 0.15) is 65.2 Å². The smallest absolute Gasteiger partial charge is 0.190 e. The number of hydrogen-bond acceptors (Lipinski definition) is 3. The normalized spacial score (nSPS) is 15.9. The first-order valence-corrected chi connectivity index (χ1v) is 9.86. The van der Waals surface area contributed by atoms with E-state index in [1.807, 2.05) is 7.05 Å². The zero-order chi connectivity index (χ0) is 17.5. The zero-order valence-corrected chi connectivity index (χ0v) is 18.8. The van der Waals surface area contributed by atoms with E-state index in [4.69, 9.17) is 9.47 Å². The molecule has 0 atom stereocenters. The Morgan fingerprint density at radius 1 is 1.04 bits per heavy atom. The summed E-state index contributed by atoms with van der Waals surface area (Å²) >= 11 is 0. The van der Waals surface area contributed by atoms with Crippen LogP contribution in [0, 0.1) is 5.92 Å². The molecular formula is C19H40IN3O2. The number of guanidine groups is 1. The second-order valence-electron chi connectivity index (χ2n) is 7.06. The van der Waals surface area contributed by atoms with E-state index < -0.39 is 0 Å². The van der Waals surface area contributed by atoms with Crippen molar-refractivity contribution in [3.05, 3.63) is 0 Å². The number of unbranched alkanes of at least 4 members (excludes halogenated alkanes) is 3. The lowest BCUT2D eigenvalue weighted by Crippen LogP contribution is -2.38. The molecule has 1 aliphatic heterocycles. The topological polar surface area (TPSA) is 54.9 Å². The van der Waals surface area contributed by atoms with E-state index in [9.17, 15) is 0 Å². The van der Waals surface area contributed by atoms with Crippen molar-refractivity contribution in [2.75, 3.05) is 40.0 Å². The van der Waals surface area contributed by atoms with E-state index in [0.29, 0.717) is 6.10 Å². The molecule has 0 bridgehead atoms. The molecule has 2 N–H and O–H groups in total. The van der Waals surface area contributed by atoms with Gasteiger partial charge in [0, 0.05) is 40.0 Å².